The first-order valence-electron chi connectivity index (χ1n) is 7.26. The van der Waals surface area contributed by atoms with Crippen molar-refractivity contribution < 1.29 is 30.0 Å². The maximum atomic E-state index is 10.0. The van der Waals surface area contributed by atoms with Crippen LogP contribution in [0, 0.1) is 6.07 Å². The fraction of sp³-hybridized carbons (Fsp3) is 0.100. The van der Waals surface area contributed by atoms with Gasteiger partial charge in [0.25, 0.3) is 0 Å². The molecule has 0 amide bonds. The van der Waals surface area contributed by atoms with Crippen LogP contribution in [0.1, 0.15) is 13.8 Å². The zero-order valence-corrected chi connectivity index (χ0v) is 15.9. The molecule has 3 aromatic rings. The van der Waals surface area contributed by atoms with Crippen LogP contribution in [-0.4, -0.2) is 15.9 Å². The second-order valence-electron chi connectivity index (χ2n) is 5.05. The molecular formula is C20H18IrNO2-. The summed E-state index contributed by atoms with van der Waals surface area (Å²) in [6.45, 7) is 2.85. The van der Waals surface area contributed by atoms with Gasteiger partial charge in [0.15, 0.2) is 5.78 Å². The van der Waals surface area contributed by atoms with Gasteiger partial charge in [-0.05, 0) is 25.3 Å². The van der Waals surface area contributed by atoms with E-state index in [1.165, 1.54) is 19.9 Å². The quantitative estimate of drug-likeness (QED) is 0.317. The molecule has 3 rings (SSSR count). The van der Waals surface area contributed by atoms with Gasteiger partial charge in [-0.25, -0.2) is 0 Å². The van der Waals surface area contributed by atoms with Crippen LogP contribution in [0.5, 0.6) is 0 Å². The number of carbonyl (C=O) groups excluding carboxylic acids is 1. The molecule has 1 heterocycles. The minimum atomic E-state index is -0.125. The van der Waals surface area contributed by atoms with Crippen molar-refractivity contribution in [3.63, 3.8) is 0 Å². The summed E-state index contributed by atoms with van der Waals surface area (Å²) >= 11 is 0. The second kappa shape index (κ2) is 9.76. The van der Waals surface area contributed by atoms with E-state index in [4.69, 9.17) is 5.11 Å². The summed E-state index contributed by atoms with van der Waals surface area (Å²) in [5, 5.41) is 9.53. The standard InChI is InChI=1S/C15H10N.C5H8O2.Ir/c1-2-6-12(7-3-1)14-10-4-8-13-9-5-11-16-15(13)14;1-4(6)3-5(2)7;/h1-6,8-11H;3,6H,1-2H3;/q-1;;/b;4-3-;. The monoisotopic (exact) mass is 497 g/mol. The molecule has 3 nitrogen and oxygen atoms in total. The predicted molar refractivity (Wildman–Crippen MR) is 93.1 cm³/mol. The zero-order valence-electron chi connectivity index (χ0n) is 13.5. The molecule has 4 heteroatoms. The molecule has 0 aliphatic heterocycles. The normalized spacial score (nSPS) is 10.3. The second-order valence-corrected chi connectivity index (χ2v) is 5.05. The SMILES string of the molecule is CC(=O)/C=C(/C)O.[Ir].[c-]1ccccc1-c1cccc2cccnc12. The van der Waals surface area contributed by atoms with Crippen LogP contribution in [0.15, 0.2) is 72.6 Å². The van der Waals surface area contributed by atoms with Crippen molar-refractivity contribution in [1.29, 1.82) is 0 Å². The molecule has 24 heavy (non-hydrogen) atoms. The van der Waals surface area contributed by atoms with Crippen molar-refractivity contribution in [2.45, 2.75) is 13.8 Å². The number of hydrogen-bond acceptors (Lipinski definition) is 3. The Balaban J connectivity index is 0.000000312. The van der Waals surface area contributed by atoms with Gasteiger partial charge in [-0.15, -0.1) is 35.9 Å². The number of aliphatic hydroxyl groups is 1. The Hall–Kier alpha value is -2.29. The van der Waals surface area contributed by atoms with Crippen molar-refractivity contribution in [3.8, 4) is 11.1 Å². The molecule has 0 fully saturated rings. The Labute approximate surface area is 155 Å². The van der Waals surface area contributed by atoms with E-state index in [1.807, 2.05) is 30.5 Å². The number of nitrogens with zero attached hydrogens (tertiary/aromatic N) is 1. The minimum Gasteiger partial charge on any atom is -0.512 e. The van der Waals surface area contributed by atoms with Crippen molar-refractivity contribution in [2.24, 2.45) is 0 Å². The predicted octanol–water partition coefficient (Wildman–Crippen LogP) is 4.74. The van der Waals surface area contributed by atoms with Crippen LogP contribution >= 0.6 is 0 Å². The average Bonchev–Trinajstić information content (AvgIpc) is 2.54. The van der Waals surface area contributed by atoms with Crippen LogP contribution in [0.3, 0.4) is 0 Å². The first-order chi connectivity index (χ1) is 11.1. The molecule has 0 bridgehead atoms. The van der Waals surface area contributed by atoms with Crippen LogP contribution in [0.4, 0.5) is 0 Å². The van der Waals surface area contributed by atoms with E-state index in [0.717, 1.165) is 22.0 Å². The van der Waals surface area contributed by atoms with Gasteiger partial charge < -0.3 is 5.11 Å². The molecule has 0 atom stereocenters. The van der Waals surface area contributed by atoms with Gasteiger partial charge in [0.05, 0.1) is 5.76 Å². The van der Waals surface area contributed by atoms with Crippen LogP contribution in [-0.2, 0) is 24.9 Å². The summed E-state index contributed by atoms with van der Waals surface area (Å²) in [7, 11) is 0. The summed E-state index contributed by atoms with van der Waals surface area (Å²) in [4.78, 5) is 14.5. The number of pyridine rings is 1. The van der Waals surface area contributed by atoms with E-state index >= 15 is 0 Å². The van der Waals surface area contributed by atoms with Gasteiger partial charge in [-0.1, -0.05) is 29.8 Å². The molecule has 1 radical (unpaired) electrons. The molecule has 0 saturated heterocycles. The molecule has 2 aromatic carbocycles. The van der Waals surface area contributed by atoms with E-state index in [9.17, 15) is 4.79 Å². The van der Waals surface area contributed by atoms with Crippen LogP contribution in [0.25, 0.3) is 22.0 Å². The van der Waals surface area contributed by atoms with E-state index < -0.39 is 0 Å². The third kappa shape index (κ3) is 5.73. The number of carbonyl (C=O) groups is 1. The fourth-order valence-corrected chi connectivity index (χ4v) is 2.18. The Morgan fingerprint density at radius 1 is 1.08 bits per heavy atom. The van der Waals surface area contributed by atoms with Gasteiger partial charge in [0.2, 0.25) is 0 Å². The van der Waals surface area contributed by atoms with Crippen molar-refractivity contribution in [1.82, 2.24) is 4.98 Å². The molecule has 0 aliphatic rings. The topological polar surface area (TPSA) is 50.2 Å². The molecule has 0 aliphatic carbocycles. The summed E-state index contributed by atoms with van der Waals surface area (Å²) in [5.74, 6) is -0.0625. The molecule has 0 unspecified atom stereocenters. The molecule has 0 spiro atoms. The van der Waals surface area contributed by atoms with E-state index in [1.54, 1.807) is 0 Å². The number of allylic oxidation sites excluding steroid dienone is 2. The summed E-state index contributed by atoms with van der Waals surface area (Å²) in [6, 6.07) is 21.5. The van der Waals surface area contributed by atoms with E-state index in [-0.39, 0.29) is 31.6 Å². The van der Waals surface area contributed by atoms with Gasteiger partial charge in [0, 0.05) is 37.9 Å². The smallest absolute Gasteiger partial charge is 0.155 e. The zero-order chi connectivity index (χ0) is 16.7. The number of ketones is 1. The molecule has 125 valence electrons. The minimum absolute atomic E-state index is 0. The molecule has 1 aromatic heterocycles. The summed E-state index contributed by atoms with van der Waals surface area (Å²) < 4.78 is 0. The number of para-hydroxylation sites is 1. The third-order valence-electron chi connectivity index (χ3n) is 3.04. The Morgan fingerprint density at radius 2 is 1.83 bits per heavy atom. The maximum Gasteiger partial charge on any atom is 0.155 e. The number of aromatic nitrogens is 1. The number of aliphatic hydroxyl groups excluding tert-OH is 1. The Kier molecular flexibility index (Phi) is 8.03. The fourth-order valence-electron chi connectivity index (χ4n) is 2.18. The summed E-state index contributed by atoms with van der Waals surface area (Å²) in [6.07, 6.45) is 2.99. The third-order valence-corrected chi connectivity index (χ3v) is 3.04. The first-order valence-corrected chi connectivity index (χ1v) is 7.26. The van der Waals surface area contributed by atoms with Gasteiger partial charge in [-0.2, -0.15) is 0 Å². The first kappa shape index (κ1) is 19.8. The van der Waals surface area contributed by atoms with Crippen molar-refractivity contribution in [2.75, 3.05) is 0 Å². The van der Waals surface area contributed by atoms with E-state index in [0.29, 0.717) is 0 Å². The van der Waals surface area contributed by atoms with Gasteiger partial charge in [0.1, 0.15) is 0 Å². The average molecular weight is 497 g/mol. The van der Waals surface area contributed by atoms with E-state index in [2.05, 4.69) is 41.4 Å². The van der Waals surface area contributed by atoms with Gasteiger partial charge >= 0.3 is 0 Å². The number of hydrogen-bond donors (Lipinski definition) is 1. The van der Waals surface area contributed by atoms with Crippen molar-refractivity contribution >= 4 is 16.7 Å². The maximum absolute atomic E-state index is 10.0. The number of benzene rings is 2. The van der Waals surface area contributed by atoms with Crippen LogP contribution < -0.4 is 0 Å². The van der Waals surface area contributed by atoms with Crippen LogP contribution in [0.2, 0.25) is 0 Å². The van der Waals surface area contributed by atoms with Gasteiger partial charge in [-0.3, -0.25) is 9.78 Å². The Morgan fingerprint density at radius 3 is 2.42 bits per heavy atom. The molecule has 1 N–H and O–H groups in total. The largest absolute Gasteiger partial charge is 0.512 e. The Bertz CT molecular complexity index is 820. The molecule has 0 saturated carbocycles. The van der Waals surface area contributed by atoms with Crippen molar-refractivity contribution in [3.05, 3.63) is 78.7 Å². The summed E-state index contributed by atoms with van der Waals surface area (Å²) in [5.41, 5.74) is 3.26. The molecular weight excluding hydrogens is 478 g/mol. The number of rotatable bonds is 2. The number of fused-ring (bicyclic) bond motifs is 1.